The third kappa shape index (κ3) is 2.82. The van der Waals surface area contributed by atoms with Crippen LogP contribution >= 0.6 is 0 Å². The molecule has 4 nitrogen and oxygen atoms in total. The van der Waals surface area contributed by atoms with Crippen LogP contribution in [0.2, 0.25) is 0 Å². The van der Waals surface area contributed by atoms with Crippen molar-refractivity contribution in [1.29, 1.82) is 0 Å². The Morgan fingerprint density at radius 3 is 2.89 bits per heavy atom. The van der Waals surface area contributed by atoms with Gasteiger partial charge < -0.3 is 15.0 Å². The van der Waals surface area contributed by atoms with Crippen molar-refractivity contribution in [2.45, 2.75) is 39.3 Å². The van der Waals surface area contributed by atoms with Gasteiger partial charge in [-0.25, -0.2) is 4.98 Å². The summed E-state index contributed by atoms with van der Waals surface area (Å²) in [5.41, 5.74) is 2.15. The van der Waals surface area contributed by atoms with E-state index in [9.17, 15) is 5.11 Å². The number of hydrogen-bond acceptors (Lipinski definition) is 3. The maximum atomic E-state index is 9.36. The normalized spacial score (nSPS) is 12.8. The average Bonchev–Trinajstić information content (AvgIpc) is 2.71. The predicted molar refractivity (Wildman–Crippen MR) is 74.8 cm³/mol. The number of nitrogens with zero attached hydrogens (tertiary/aromatic N) is 2. The van der Waals surface area contributed by atoms with Crippen molar-refractivity contribution in [3.05, 3.63) is 24.3 Å². The lowest BCUT2D eigenvalue weighted by molar-refractivity contribution is 0.208. The lowest BCUT2D eigenvalue weighted by Gasteiger charge is -2.11. The maximum Gasteiger partial charge on any atom is 0.203 e. The number of benzene rings is 1. The van der Waals surface area contributed by atoms with Gasteiger partial charge in [-0.15, -0.1) is 0 Å². The molecule has 2 N–H and O–H groups in total. The average molecular weight is 247 g/mol. The zero-order chi connectivity index (χ0) is 13.0. The molecule has 0 saturated heterocycles. The van der Waals surface area contributed by atoms with Gasteiger partial charge >= 0.3 is 0 Å². The van der Waals surface area contributed by atoms with E-state index < -0.39 is 0 Å². The molecule has 0 bridgehead atoms. The van der Waals surface area contributed by atoms with Crippen molar-refractivity contribution in [2.75, 3.05) is 11.9 Å². The number of aromatic nitrogens is 2. The van der Waals surface area contributed by atoms with E-state index in [4.69, 9.17) is 0 Å². The summed E-state index contributed by atoms with van der Waals surface area (Å²) in [6, 6.07) is 8.14. The minimum Gasteiger partial charge on any atom is -0.392 e. The molecule has 0 fully saturated rings. The Labute approximate surface area is 108 Å². The van der Waals surface area contributed by atoms with Gasteiger partial charge in [0, 0.05) is 13.1 Å². The van der Waals surface area contributed by atoms with Gasteiger partial charge in [0.05, 0.1) is 17.1 Å². The number of para-hydroxylation sites is 2. The molecule has 2 aromatic rings. The van der Waals surface area contributed by atoms with Crippen LogP contribution in [0.25, 0.3) is 11.0 Å². The summed E-state index contributed by atoms with van der Waals surface area (Å²) >= 11 is 0. The molecule has 2 rings (SSSR count). The number of nitrogens with one attached hydrogen (secondary N) is 1. The van der Waals surface area contributed by atoms with Crippen LogP contribution in [0.3, 0.4) is 0 Å². The van der Waals surface area contributed by atoms with Crippen LogP contribution in [-0.2, 0) is 6.54 Å². The summed E-state index contributed by atoms with van der Waals surface area (Å²) in [5.74, 6) is 0.852. The van der Waals surface area contributed by atoms with E-state index in [0.29, 0.717) is 6.54 Å². The smallest absolute Gasteiger partial charge is 0.203 e. The molecule has 0 spiro atoms. The molecular formula is C14H21N3O. The molecule has 98 valence electrons. The van der Waals surface area contributed by atoms with Crippen molar-refractivity contribution < 1.29 is 5.11 Å². The highest BCUT2D eigenvalue weighted by atomic mass is 16.3. The van der Waals surface area contributed by atoms with Crippen LogP contribution in [0.15, 0.2) is 24.3 Å². The number of anilines is 1. The SMILES string of the molecule is CCCCn1c(NCC(C)O)nc2ccccc21. The first-order chi connectivity index (χ1) is 8.72. The summed E-state index contributed by atoms with van der Waals surface area (Å²) < 4.78 is 2.20. The van der Waals surface area contributed by atoms with Gasteiger partial charge in [-0.2, -0.15) is 0 Å². The summed E-state index contributed by atoms with van der Waals surface area (Å²) in [6.07, 6.45) is 1.91. The first-order valence-electron chi connectivity index (χ1n) is 6.59. The Hall–Kier alpha value is -1.55. The van der Waals surface area contributed by atoms with Crippen molar-refractivity contribution in [3.8, 4) is 0 Å². The molecule has 0 aliphatic rings. The Balaban J connectivity index is 2.30. The number of aliphatic hydroxyl groups excluding tert-OH is 1. The van der Waals surface area contributed by atoms with Gasteiger partial charge in [0.1, 0.15) is 0 Å². The standard InChI is InChI=1S/C14H21N3O/c1-3-4-9-17-13-8-6-5-7-12(13)16-14(17)15-10-11(2)18/h5-8,11,18H,3-4,9-10H2,1-2H3,(H,15,16). The molecule has 1 atom stereocenters. The summed E-state index contributed by atoms with van der Waals surface area (Å²) in [4.78, 5) is 4.58. The number of unbranched alkanes of at least 4 members (excludes halogenated alkanes) is 1. The number of imidazole rings is 1. The molecule has 0 aliphatic heterocycles. The zero-order valence-electron chi connectivity index (χ0n) is 11.1. The fourth-order valence-electron chi connectivity index (χ4n) is 1.99. The highest BCUT2D eigenvalue weighted by Gasteiger charge is 2.09. The third-order valence-corrected chi connectivity index (χ3v) is 2.95. The fourth-order valence-corrected chi connectivity index (χ4v) is 1.99. The molecule has 0 radical (unpaired) electrons. The van der Waals surface area contributed by atoms with E-state index in [1.54, 1.807) is 6.92 Å². The van der Waals surface area contributed by atoms with Gasteiger partial charge in [-0.3, -0.25) is 0 Å². The van der Waals surface area contributed by atoms with Crippen LogP contribution in [0.5, 0.6) is 0 Å². The molecule has 18 heavy (non-hydrogen) atoms. The monoisotopic (exact) mass is 247 g/mol. The van der Waals surface area contributed by atoms with Crippen LogP contribution in [0.1, 0.15) is 26.7 Å². The number of aryl methyl sites for hydroxylation is 1. The van der Waals surface area contributed by atoms with Crippen molar-refractivity contribution in [2.24, 2.45) is 0 Å². The maximum absolute atomic E-state index is 9.36. The van der Waals surface area contributed by atoms with E-state index in [0.717, 1.165) is 36.4 Å². The van der Waals surface area contributed by atoms with Crippen LogP contribution in [0.4, 0.5) is 5.95 Å². The van der Waals surface area contributed by atoms with E-state index >= 15 is 0 Å². The quantitative estimate of drug-likeness (QED) is 0.825. The molecular weight excluding hydrogens is 226 g/mol. The molecule has 4 heteroatoms. The highest BCUT2D eigenvalue weighted by molar-refractivity contribution is 5.78. The molecule has 0 aliphatic carbocycles. The van der Waals surface area contributed by atoms with E-state index in [-0.39, 0.29) is 6.10 Å². The second kappa shape index (κ2) is 5.87. The third-order valence-electron chi connectivity index (χ3n) is 2.95. The second-order valence-electron chi connectivity index (χ2n) is 4.66. The van der Waals surface area contributed by atoms with Gasteiger partial charge in [0.25, 0.3) is 0 Å². The molecule has 1 aromatic heterocycles. The van der Waals surface area contributed by atoms with Crippen molar-refractivity contribution >= 4 is 17.0 Å². The predicted octanol–water partition coefficient (Wildman–Crippen LogP) is 2.63. The number of fused-ring (bicyclic) bond motifs is 1. The second-order valence-corrected chi connectivity index (χ2v) is 4.66. The minimum atomic E-state index is -0.371. The van der Waals surface area contributed by atoms with Crippen LogP contribution < -0.4 is 5.32 Å². The minimum absolute atomic E-state index is 0.371. The Morgan fingerprint density at radius 2 is 2.17 bits per heavy atom. The van der Waals surface area contributed by atoms with Gasteiger partial charge in [-0.05, 0) is 25.5 Å². The first kappa shape index (κ1) is 12.9. The Bertz CT molecular complexity index is 505. The van der Waals surface area contributed by atoms with Crippen LogP contribution in [-0.4, -0.2) is 27.3 Å². The lowest BCUT2D eigenvalue weighted by atomic mass is 10.3. The van der Waals surface area contributed by atoms with Crippen LogP contribution in [0, 0.1) is 0 Å². The van der Waals surface area contributed by atoms with Gasteiger partial charge in [-0.1, -0.05) is 25.5 Å². The Morgan fingerprint density at radius 1 is 1.39 bits per heavy atom. The van der Waals surface area contributed by atoms with Gasteiger partial charge in [0.2, 0.25) is 5.95 Å². The molecule has 1 unspecified atom stereocenters. The van der Waals surface area contributed by atoms with E-state index in [2.05, 4.69) is 27.9 Å². The number of aliphatic hydroxyl groups is 1. The zero-order valence-corrected chi connectivity index (χ0v) is 11.1. The summed E-state index contributed by atoms with van der Waals surface area (Å²) in [7, 11) is 0. The lowest BCUT2D eigenvalue weighted by Crippen LogP contribution is -2.18. The van der Waals surface area contributed by atoms with Gasteiger partial charge in [0.15, 0.2) is 0 Å². The van der Waals surface area contributed by atoms with Crippen molar-refractivity contribution in [3.63, 3.8) is 0 Å². The Kier molecular flexibility index (Phi) is 4.20. The molecule has 0 amide bonds. The van der Waals surface area contributed by atoms with E-state index in [1.807, 2.05) is 18.2 Å². The number of rotatable bonds is 6. The molecule has 1 heterocycles. The summed E-state index contributed by atoms with van der Waals surface area (Å²) in [5, 5.41) is 12.6. The fraction of sp³-hybridized carbons (Fsp3) is 0.500. The summed E-state index contributed by atoms with van der Waals surface area (Å²) in [6.45, 7) is 5.43. The largest absolute Gasteiger partial charge is 0.392 e. The number of hydrogen-bond donors (Lipinski definition) is 2. The molecule has 1 aromatic carbocycles. The topological polar surface area (TPSA) is 50.1 Å². The first-order valence-corrected chi connectivity index (χ1v) is 6.59. The van der Waals surface area contributed by atoms with Crippen molar-refractivity contribution in [1.82, 2.24) is 9.55 Å². The molecule has 0 saturated carbocycles. The highest BCUT2D eigenvalue weighted by Crippen LogP contribution is 2.20. The van der Waals surface area contributed by atoms with E-state index in [1.165, 1.54) is 0 Å².